The van der Waals surface area contributed by atoms with E-state index < -0.39 is 0 Å². The number of nitrogens with one attached hydrogen (secondary N) is 1. The molecule has 1 unspecified atom stereocenters. The molecule has 1 aliphatic rings. The van der Waals surface area contributed by atoms with Crippen molar-refractivity contribution in [2.75, 3.05) is 25.6 Å². The molecule has 2 aromatic rings. The van der Waals surface area contributed by atoms with E-state index in [1.807, 2.05) is 31.2 Å². The third kappa shape index (κ3) is 3.54. The van der Waals surface area contributed by atoms with Gasteiger partial charge in [0.15, 0.2) is 0 Å². The summed E-state index contributed by atoms with van der Waals surface area (Å²) < 4.78 is 10.7. The summed E-state index contributed by atoms with van der Waals surface area (Å²) >= 11 is 0. The summed E-state index contributed by atoms with van der Waals surface area (Å²) in [6.45, 7) is 4.20. The molecule has 0 aliphatic carbocycles. The van der Waals surface area contributed by atoms with Gasteiger partial charge >= 0.3 is 0 Å². The number of benzene rings is 1. The van der Waals surface area contributed by atoms with Crippen molar-refractivity contribution in [2.45, 2.75) is 25.8 Å². The Morgan fingerprint density at radius 1 is 1.32 bits per heavy atom. The van der Waals surface area contributed by atoms with E-state index in [9.17, 15) is 0 Å². The predicted octanol–water partition coefficient (Wildman–Crippen LogP) is 2.91. The fraction of sp³-hybridized carbons (Fsp3) is 0.412. The number of hydrogen-bond acceptors (Lipinski definition) is 5. The topological polar surface area (TPSA) is 56.3 Å². The molecule has 0 bridgehead atoms. The van der Waals surface area contributed by atoms with Gasteiger partial charge in [-0.3, -0.25) is 0 Å². The Hall–Kier alpha value is -2.14. The molecule has 1 aromatic carbocycles. The van der Waals surface area contributed by atoms with Gasteiger partial charge in [0, 0.05) is 25.1 Å². The lowest BCUT2D eigenvalue weighted by Gasteiger charge is -2.12. The normalized spacial score (nSPS) is 17.5. The SMILES string of the molecule is COc1cccc(CNc2cc(C3CCOC3)nc(C)n2)c1. The first-order valence-electron chi connectivity index (χ1n) is 7.55. The van der Waals surface area contributed by atoms with E-state index in [1.165, 1.54) is 0 Å². The predicted molar refractivity (Wildman–Crippen MR) is 85.3 cm³/mol. The van der Waals surface area contributed by atoms with Gasteiger partial charge in [-0.2, -0.15) is 0 Å². The van der Waals surface area contributed by atoms with Crippen LogP contribution < -0.4 is 10.1 Å². The van der Waals surface area contributed by atoms with E-state index >= 15 is 0 Å². The van der Waals surface area contributed by atoms with Crippen molar-refractivity contribution >= 4 is 5.82 Å². The van der Waals surface area contributed by atoms with Gasteiger partial charge in [0.1, 0.15) is 17.4 Å². The molecular formula is C17H21N3O2. The lowest BCUT2D eigenvalue weighted by atomic mass is 10.0. The van der Waals surface area contributed by atoms with Crippen LogP contribution >= 0.6 is 0 Å². The van der Waals surface area contributed by atoms with Gasteiger partial charge in [0.05, 0.1) is 19.4 Å². The molecule has 0 radical (unpaired) electrons. The lowest BCUT2D eigenvalue weighted by Crippen LogP contribution is -2.08. The van der Waals surface area contributed by atoms with Gasteiger partial charge in [-0.15, -0.1) is 0 Å². The molecule has 116 valence electrons. The molecule has 0 spiro atoms. The molecule has 1 saturated heterocycles. The molecule has 1 atom stereocenters. The highest BCUT2D eigenvalue weighted by Crippen LogP contribution is 2.25. The van der Waals surface area contributed by atoms with Crippen molar-refractivity contribution in [2.24, 2.45) is 0 Å². The molecule has 22 heavy (non-hydrogen) atoms. The minimum Gasteiger partial charge on any atom is -0.497 e. The zero-order valence-corrected chi connectivity index (χ0v) is 13.0. The summed E-state index contributed by atoms with van der Waals surface area (Å²) in [5, 5.41) is 3.37. The standard InChI is InChI=1S/C17H21N3O2/c1-12-19-16(14-6-7-22-11-14)9-17(20-12)18-10-13-4-3-5-15(8-13)21-2/h3-5,8-9,14H,6-7,10-11H2,1-2H3,(H,18,19,20). The van der Waals surface area contributed by atoms with E-state index in [-0.39, 0.29) is 0 Å². The maximum atomic E-state index is 5.45. The summed E-state index contributed by atoms with van der Waals surface area (Å²) in [6, 6.07) is 10.0. The fourth-order valence-corrected chi connectivity index (χ4v) is 2.63. The van der Waals surface area contributed by atoms with Gasteiger partial charge in [0.25, 0.3) is 0 Å². The molecule has 5 nitrogen and oxygen atoms in total. The largest absolute Gasteiger partial charge is 0.497 e. The minimum atomic E-state index is 0.388. The zero-order chi connectivity index (χ0) is 15.4. The fourth-order valence-electron chi connectivity index (χ4n) is 2.63. The minimum absolute atomic E-state index is 0.388. The lowest BCUT2D eigenvalue weighted by molar-refractivity contribution is 0.193. The van der Waals surface area contributed by atoms with E-state index in [4.69, 9.17) is 9.47 Å². The molecular weight excluding hydrogens is 278 g/mol. The van der Waals surface area contributed by atoms with Crippen LogP contribution in [0.5, 0.6) is 5.75 Å². The number of rotatable bonds is 5. The molecule has 1 N–H and O–H groups in total. The molecule has 1 fully saturated rings. The Kier molecular flexibility index (Phi) is 4.53. The Morgan fingerprint density at radius 2 is 2.23 bits per heavy atom. The Morgan fingerprint density at radius 3 is 3.00 bits per heavy atom. The van der Waals surface area contributed by atoms with Crippen molar-refractivity contribution in [3.05, 3.63) is 47.4 Å². The van der Waals surface area contributed by atoms with E-state index in [1.54, 1.807) is 7.11 Å². The summed E-state index contributed by atoms with van der Waals surface area (Å²) in [6.07, 6.45) is 1.03. The highest BCUT2D eigenvalue weighted by Gasteiger charge is 2.20. The average molecular weight is 299 g/mol. The second-order valence-electron chi connectivity index (χ2n) is 5.49. The van der Waals surface area contributed by atoms with Crippen molar-refractivity contribution in [3.63, 3.8) is 0 Å². The molecule has 0 amide bonds. The number of anilines is 1. The van der Waals surface area contributed by atoms with Gasteiger partial charge in [-0.1, -0.05) is 12.1 Å². The molecule has 0 saturated carbocycles. The number of aromatic nitrogens is 2. The summed E-state index contributed by atoms with van der Waals surface area (Å²) in [7, 11) is 1.68. The second kappa shape index (κ2) is 6.75. The third-order valence-electron chi connectivity index (χ3n) is 3.81. The smallest absolute Gasteiger partial charge is 0.130 e. The average Bonchev–Trinajstić information content (AvgIpc) is 3.07. The number of aryl methyl sites for hydroxylation is 1. The summed E-state index contributed by atoms with van der Waals surface area (Å²) in [5.41, 5.74) is 2.22. The first kappa shape index (κ1) is 14.8. The van der Waals surface area contributed by atoms with Gasteiger partial charge in [-0.25, -0.2) is 9.97 Å². The maximum absolute atomic E-state index is 5.45. The van der Waals surface area contributed by atoms with Crippen LogP contribution in [0.4, 0.5) is 5.82 Å². The van der Waals surface area contributed by atoms with Crippen molar-refractivity contribution in [1.29, 1.82) is 0 Å². The van der Waals surface area contributed by atoms with Crippen LogP contribution in [-0.2, 0) is 11.3 Å². The number of nitrogens with zero attached hydrogens (tertiary/aromatic N) is 2. The summed E-state index contributed by atoms with van der Waals surface area (Å²) in [4.78, 5) is 9.02. The van der Waals surface area contributed by atoms with E-state index in [0.29, 0.717) is 12.5 Å². The summed E-state index contributed by atoms with van der Waals surface area (Å²) in [5.74, 6) is 2.90. The van der Waals surface area contributed by atoms with Gasteiger partial charge in [-0.05, 0) is 31.0 Å². The van der Waals surface area contributed by atoms with Crippen molar-refractivity contribution in [3.8, 4) is 5.75 Å². The van der Waals surface area contributed by atoms with Gasteiger partial charge in [0.2, 0.25) is 0 Å². The zero-order valence-electron chi connectivity index (χ0n) is 13.0. The molecule has 1 aromatic heterocycles. The second-order valence-corrected chi connectivity index (χ2v) is 5.49. The highest BCUT2D eigenvalue weighted by molar-refractivity contribution is 5.39. The van der Waals surface area contributed by atoms with E-state index in [0.717, 1.165) is 48.3 Å². The van der Waals surface area contributed by atoms with Crippen LogP contribution in [0, 0.1) is 6.92 Å². The third-order valence-corrected chi connectivity index (χ3v) is 3.81. The van der Waals surface area contributed by atoms with E-state index in [2.05, 4.69) is 21.4 Å². The first-order chi connectivity index (χ1) is 10.7. The Balaban J connectivity index is 1.71. The molecule has 3 rings (SSSR count). The maximum Gasteiger partial charge on any atom is 0.130 e. The first-order valence-corrected chi connectivity index (χ1v) is 7.55. The monoisotopic (exact) mass is 299 g/mol. The van der Waals surface area contributed by atoms with Crippen LogP contribution in [0.2, 0.25) is 0 Å². The number of methoxy groups -OCH3 is 1. The van der Waals surface area contributed by atoms with Crippen molar-refractivity contribution < 1.29 is 9.47 Å². The van der Waals surface area contributed by atoms with Crippen LogP contribution in [-0.4, -0.2) is 30.3 Å². The Labute approximate surface area is 130 Å². The van der Waals surface area contributed by atoms with Crippen LogP contribution in [0.25, 0.3) is 0 Å². The van der Waals surface area contributed by atoms with Crippen LogP contribution in [0.3, 0.4) is 0 Å². The van der Waals surface area contributed by atoms with Crippen LogP contribution in [0.1, 0.15) is 29.4 Å². The van der Waals surface area contributed by atoms with Crippen LogP contribution in [0.15, 0.2) is 30.3 Å². The highest BCUT2D eigenvalue weighted by atomic mass is 16.5. The number of hydrogen-bond donors (Lipinski definition) is 1. The molecule has 2 heterocycles. The van der Waals surface area contributed by atoms with Crippen molar-refractivity contribution in [1.82, 2.24) is 9.97 Å². The quantitative estimate of drug-likeness (QED) is 0.920. The molecule has 5 heteroatoms. The van der Waals surface area contributed by atoms with Gasteiger partial charge < -0.3 is 14.8 Å². The Bertz CT molecular complexity index is 640. The number of ether oxygens (including phenoxy) is 2. The molecule has 1 aliphatic heterocycles.